The maximum Gasteiger partial charge on any atom is 0.188 e. The van der Waals surface area contributed by atoms with Crippen LogP contribution in [0.2, 0.25) is 0 Å². The molecule has 1 aliphatic carbocycles. The zero-order valence-corrected chi connectivity index (χ0v) is 16.2. The predicted octanol–water partition coefficient (Wildman–Crippen LogP) is 5.07. The molecule has 4 rings (SSSR count). The van der Waals surface area contributed by atoms with Crippen molar-refractivity contribution in [2.24, 2.45) is 0 Å². The van der Waals surface area contributed by atoms with Gasteiger partial charge in [0.05, 0.1) is 11.3 Å². The van der Waals surface area contributed by atoms with Gasteiger partial charge < -0.3 is 9.47 Å². The van der Waals surface area contributed by atoms with Crippen LogP contribution in [0.25, 0.3) is 11.1 Å². The van der Waals surface area contributed by atoms with Crippen LogP contribution < -0.4 is 5.32 Å². The van der Waals surface area contributed by atoms with Gasteiger partial charge in [0.2, 0.25) is 0 Å². The topological polar surface area (TPSA) is 30.5 Å². The SMILES string of the molecule is C=C(CCNC1(c2ccccc2)c2ccccc2-c2ccccc21)OCOC. The molecule has 0 fully saturated rings. The molecule has 0 radical (unpaired) electrons. The van der Waals surface area contributed by atoms with Crippen molar-refractivity contribution in [3.63, 3.8) is 0 Å². The van der Waals surface area contributed by atoms with Gasteiger partial charge in [-0.3, -0.25) is 5.32 Å². The number of methoxy groups -OCH3 is 1. The molecule has 0 heterocycles. The van der Waals surface area contributed by atoms with E-state index in [2.05, 4.69) is 90.8 Å². The average Bonchev–Trinajstić information content (AvgIpc) is 3.04. The van der Waals surface area contributed by atoms with E-state index in [1.807, 2.05) is 0 Å². The zero-order chi connectivity index (χ0) is 19.4. The van der Waals surface area contributed by atoms with E-state index in [0.717, 1.165) is 12.3 Å². The number of rotatable bonds is 8. The molecule has 0 aliphatic heterocycles. The lowest BCUT2D eigenvalue weighted by Gasteiger charge is -2.34. The summed E-state index contributed by atoms with van der Waals surface area (Å²) in [6, 6.07) is 28.0. The maximum atomic E-state index is 5.48. The monoisotopic (exact) mass is 371 g/mol. The van der Waals surface area contributed by atoms with E-state index in [0.29, 0.717) is 6.42 Å². The number of fused-ring (bicyclic) bond motifs is 3. The average molecular weight is 371 g/mol. The van der Waals surface area contributed by atoms with Gasteiger partial charge in [-0.25, -0.2) is 0 Å². The summed E-state index contributed by atoms with van der Waals surface area (Å²) < 4.78 is 10.4. The lowest BCUT2D eigenvalue weighted by atomic mass is 9.80. The van der Waals surface area contributed by atoms with Gasteiger partial charge in [0.1, 0.15) is 0 Å². The van der Waals surface area contributed by atoms with Crippen LogP contribution in [-0.2, 0) is 15.0 Å². The minimum Gasteiger partial charge on any atom is -0.472 e. The third kappa shape index (κ3) is 3.13. The van der Waals surface area contributed by atoms with Crippen molar-refractivity contribution in [2.75, 3.05) is 20.4 Å². The quantitative estimate of drug-likeness (QED) is 0.443. The van der Waals surface area contributed by atoms with E-state index in [4.69, 9.17) is 9.47 Å². The van der Waals surface area contributed by atoms with Gasteiger partial charge in [0.15, 0.2) is 6.79 Å². The fourth-order valence-corrected chi connectivity index (χ4v) is 4.13. The molecule has 0 unspecified atom stereocenters. The van der Waals surface area contributed by atoms with Crippen molar-refractivity contribution in [3.8, 4) is 11.1 Å². The Kier molecular flexibility index (Phi) is 5.29. The smallest absolute Gasteiger partial charge is 0.188 e. The highest BCUT2D eigenvalue weighted by Gasteiger charge is 2.43. The number of hydrogen-bond donors (Lipinski definition) is 1. The van der Waals surface area contributed by atoms with Gasteiger partial charge >= 0.3 is 0 Å². The third-order valence-electron chi connectivity index (χ3n) is 5.33. The lowest BCUT2D eigenvalue weighted by molar-refractivity contribution is 0.00298. The van der Waals surface area contributed by atoms with Crippen LogP contribution in [0.15, 0.2) is 91.2 Å². The number of benzene rings is 3. The number of nitrogens with one attached hydrogen (secondary N) is 1. The molecule has 0 saturated carbocycles. The van der Waals surface area contributed by atoms with Crippen LogP contribution in [0, 0.1) is 0 Å². The number of hydrogen-bond acceptors (Lipinski definition) is 3. The minimum atomic E-state index is -0.393. The second-order valence-electron chi connectivity index (χ2n) is 6.97. The molecule has 1 aliphatic rings. The summed E-state index contributed by atoms with van der Waals surface area (Å²) in [4.78, 5) is 0. The Morgan fingerprint density at radius 3 is 2.04 bits per heavy atom. The molecule has 0 saturated heterocycles. The Labute approximate surface area is 166 Å². The molecule has 28 heavy (non-hydrogen) atoms. The van der Waals surface area contributed by atoms with E-state index in [-0.39, 0.29) is 6.79 Å². The zero-order valence-electron chi connectivity index (χ0n) is 16.2. The van der Waals surface area contributed by atoms with Gasteiger partial charge in [-0.2, -0.15) is 0 Å². The molecule has 0 atom stereocenters. The van der Waals surface area contributed by atoms with Gasteiger partial charge in [0, 0.05) is 20.1 Å². The largest absolute Gasteiger partial charge is 0.472 e. The molecule has 0 aromatic heterocycles. The van der Waals surface area contributed by atoms with Crippen LogP contribution in [0.1, 0.15) is 23.1 Å². The van der Waals surface area contributed by atoms with Gasteiger partial charge in [0.25, 0.3) is 0 Å². The van der Waals surface area contributed by atoms with Crippen LogP contribution in [0.4, 0.5) is 0 Å². The van der Waals surface area contributed by atoms with Crippen molar-refractivity contribution < 1.29 is 9.47 Å². The van der Waals surface area contributed by atoms with Crippen LogP contribution in [0.5, 0.6) is 0 Å². The Hall–Kier alpha value is -2.88. The molecule has 3 heteroatoms. The minimum absolute atomic E-state index is 0.230. The van der Waals surface area contributed by atoms with E-state index >= 15 is 0 Å². The van der Waals surface area contributed by atoms with E-state index in [1.165, 1.54) is 27.8 Å². The highest BCUT2D eigenvalue weighted by atomic mass is 16.7. The van der Waals surface area contributed by atoms with Gasteiger partial charge in [-0.15, -0.1) is 0 Å². The highest BCUT2D eigenvalue weighted by Crippen LogP contribution is 2.50. The Morgan fingerprint density at radius 2 is 1.43 bits per heavy atom. The molecule has 3 aromatic rings. The maximum absolute atomic E-state index is 5.48. The van der Waals surface area contributed by atoms with E-state index in [9.17, 15) is 0 Å². The first-order valence-electron chi connectivity index (χ1n) is 9.57. The summed E-state index contributed by atoms with van der Waals surface area (Å²) in [5.74, 6) is 0.720. The van der Waals surface area contributed by atoms with Crippen molar-refractivity contribution in [2.45, 2.75) is 12.0 Å². The standard InChI is InChI=1S/C25H25NO2/c1-19(28-18-27-2)16-17-26-25(20-10-4-3-5-11-20)23-14-8-6-12-21(23)22-13-7-9-15-24(22)25/h3-15,26H,1,16-18H2,2H3. The summed E-state index contributed by atoms with van der Waals surface area (Å²) in [7, 11) is 1.61. The predicted molar refractivity (Wildman–Crippen MR) is 113 cm³/mol. The summed E-state index contributed by atoms with van der Waals surface area (Å²) in [6.45, 7) is 4.96. The summed E-state index contributed by atoms with van der Waals surface area (Å²) in [5.41, 5.74) is 5.97. The molecular formula is C25H25NO2. The summed E-state index contributed by atoms with van der Waals surface area (Å²) in [6.07, 6.45) is 0.711. The number of ether oxygens (including phenoxy) is 2. The lowest BCUT2D eigenvalue weighted by Crippen LogP contribution is -2.43. The second kappa shape index (κ2) is 8.01. The second-order valence-corrected chi connectivity index (χ2v) is 6.97. The van der Waals surface area contributed by atoms with Gasteiger partial charge in [-0.1, -0.05) is 85.4 Å². The van der Waals surface area contributed by atoms with Crippen molar-refractivity contribution in [1.82, 2.24) is 5.32 Å². The molecule has 3 aromatic carbocycles. The van der Waals surface area contributed by atoms with Crippen LogP contribution in [-0.4, -0.2) is 20.4 Å². The first-order chi connectivity index (χ1) is 13.8. The van der Waals surface area contributed by atoms with Crippen LogP contribution >= 0.6 is 0 Å². The Bertz CT molecular complexity index is 920. The van der Waals surface area contributed by atoms with Crippen molar-refractivity contribution >= 4 is 0 Å². The molecule has 0 amide bonds. The Balaban J connectivity index is 1.76. The first kappa shape index (κ1) is 18.5. The first-order valence-corrected chi connectivity index (χ1v) is 9.57. The molecule has 1 N–H and O–H groups in total. The fourth-order valence-electron chi connectivity index (χ4n) is 4.13. The Morgan fingerprint density at radius 1 is 0.857 bits per heavy atom. The van der Waals surface area contributed by atoms with Crippen LogP contribution in [0.3, 0.4) is 0 Å². The summed E-state index contributed by atoms with van der Waals surface area (Å²) >= 11 is 0. The van der Waals surface area contributed by atoms with Crippen molar-refractivity contribution in [3.05, 3.63) is 108 Å². The normalized spacial score (nSPS) is 13.6. The van der Waals surface area contributed by atoms with E-state index < -0.39 is 5.54 Å². The molecular weight excluding hydrogens is 346 g/mol. The third-order valence-corrected chi connectivity index (χ3v) is 5.33. The highest BCUT2D eigenvalue weighted by molar-refractivity contribution is 5.83. The summed E-state index contributed by atoms with van der Waals surface area (Å²) in [5, 5.41) is 3.85. The molecule has 0 bridgehead atoms. The van der Waals surface area contributed by atoms with Gasteiger partial charge in [-0.05, 0) is 27.8 Å². The van der Waals surface area contributed by atoms with E-state index in [1.54, 1.807) is 7.11 Å². The fraction of sp³-hybridized carbons (Fsp3) is 0.200. The molecule has 0 spiro atoms. The molecule has 3 nitrogen and oxygen atoms in total. The van der Waals surface area contributed by atoms with Crippen molar-refractivity contribution in [1.29, 1.82) is 0 Å². The molecule has 142 valence electrons.